The number of nitrogens with two attached hydrogens (primary N) is 1. The van der Waals surface area contributed by atoms with Crippen molar-refractivity contribution in [2.45, 2.75) is 19.9 Å². The summed E-state index contributed by atoms with van der Waals surface area (Å²) in [6.45, 7) is 2.35. The molecule has 0 spiro atoms. The van der Waals surface area contributed by atoms with Crippen molar-refractivity contribution in [2.75, 3.05) is 5.75 Å². The molecule has 0 aromatic carbocycles. The Bertz CT molecular complexity index is 986. The van der Waals surface area contributed by atoms with Gasteiger partial charge in [-0.15, -0.1) is 0 Å². The number of carbonyl (C=O) groups excluding carboxylic acids is 1. The number of thiol groups is 1. The van der Waals surface area contributed by atoms with Crippen molar-refractivity contribution < 1.29 is 33.4 Å². The third kappa shape index (κ3) is 17.5. The van der Waals surface area contributed by atoms with E-state index in [4.69, 9.17) is 31.4 Å². The molecule has 1 unspecified atom stereocenters. The molecule has 34 heavy (non-hydrogen) atoms. The number of nitrogens with zero attached hydrogens (tertiary/aromatic N) is 3. The van der Waals surface area contributed by atoms with Gasteiger partial charge < -0.3 is 27.4 Å². The van der Waals surface area contributed by atoms with Crippen LogP contribution in [0.5, 0.6) is 0 Å². The summed E-state index contributed by atoms with van der Waals surface area (Å²) in [7, 11) is 0. The number of aliphatic carboxylic acids is 2. The molecule has 0 aliphatic carbocycles. The van der Waals surface area contributed by atoms with Gasteiger partial charge in [-0.2, -0.15) is 17.9 Å². The molecule has 186 valence electrons. The first-order chi connectivity index (χ1) is 15.4. The van der Waals surface area contributed by atoms with Crippen molar-refractivity contribution in [2.24, 2.45) is 5.73 Å². The van der Waals surface area contributed by atoms with Crippen molar-refractivity contribution in [3.63, 3.8) is 0 Å². The van der Waals surface area contributed by atoms with Gasteiger partial charge in [0.15, 0.2) is 17.3 Å². The number of pyridine rings is 2. The van der Waals surface area contributed by atoms with Crippen LogP contribution < -0.4 is 17.2 Å². The van der Waals surface area contributed by atoms with E-state index in [1.807, 2.05) is 0 Å². The lowest BCUT2D eigenvalue weighted by molar-refractivity contribution is -0.140. The fourth-order valence-corrected chi connectivity index (χ4v) is 1.73. The Labute approximate surface area is 199 Å². The van der Waals surface area contributed by atoms with Gasteiger partial charge >= 0.3 is 5.97 Å². The van der Waals surface area contributed by atoms with Gasteiger partial charge in [-0.25, -0.2) is 23.5 Å². The molecule has 2 aromatic heterocycles. The zero-order valence-corrected chi connectivity index (χ0v) is 19.1. The van der Waals surface area contributed by atoms with Crippen molar-refractivity contribution in [3.05, 3.63) is 59.7 Å². The summed E-state index contributed by atoms with van der Waals surface area (Å²) in [6.07, 6.45) is 2.77. The Hall–Kier alpha value is -4.16. The first kappa shape index (κ1) is 34.5. The second kappa shape index (κ2) is 19.5. The van der Waals surface area contributed by atoms with Crippen LogP contribution in [0.1, 0.15) is 25.2 Å². The number of hydrogen-bond donors (Lipinski definition) is 7. The lowest BCUT2D eigenvalue weighted by Crippen LogP contribution is -2.40. The second-order valence-electron chi connectivity index (χ2n) is 5.49. The SMILES string of the molecule is CC(=O)NC(CS)C(=O)O.CC(=O)O.N.N#Cc1ncccc1F.N=C(N)c1ncccc1F. The van der Waals surface area contributed by atoms with Crippen LogP contribution in [-0.4, -0.2) is 55.7 Å². The minimum Gasteiger partial charge on any atom is -0.481 e. The van der Waals surface area contributed by atoms with Crippen molar-refractivity contribution in [1.82, 2.24) is 21.4 Å². The Morgan fingerprint density at radius 2 is 1.65 bits per heavy atom. The van der Waals surface area contributed by atoms with Gasteiger partial charge in [0.25, 0.3) is 5.97 Å². The molecule has 2 rings (SSSR count). The number of nitriles is 1. The van der Waals surface area contributed by atoms with E-state index in [9.17, 15) is 18.4 Å². The van der Waals surface area contributed by atoms with Crippen LogP contribution in [0.15, 0.2) is 36.7 Å². The van der Waals surface area contributed by atoms with E-state index < -0.39 is 29.6 Å². The summed E-state index contributed by atoms with van der Waals surface area (Å²) in [5.74, 6) is -3.63. The summed E-state index contributed by atoms with van der Waals surface area (Å²) in [4.78, 5) is 36.5. The zero-order valence-electron chi connectivity index (χ0n) is 18.2. The number of nitrogens with one attached hydrogen (secondary N) is 2. The van der Waals surface area contributed by atoms with Crippen LogP contribution in [0.4, 0.5) is 8.78 Å². The average molecular weight is 502 g/mol. The Balaban J connectivity index is -0.000000388. The maximum absolute atomic E-state index is 12.6. The molecule has 9 N–H and O–H groups in total. The van der Waals surface area contributed by atoms with E-state index in [0.29, 0.717) is 0 Å². The lowest BCUT2D eigenvalue weighted by Gasteiger charge is -2.08. The van der Waals surface area contributed by atoms with Crippen molar-refractivity contribution in [1.29, 1.82) is 10.7 Å². The maximum atomic E-state index is 12.6. The monoisotopic (exact) mass is 501 g/mol. The first-order valence-corrected chi connectivity index (χ1v) is 9.26. The maximum Gasteiger partial charge on any atom is 0.327 e. The first-order valence-electron chi connectivity index (χ1n) is 8.63. The highest BCUT2D eigenvalue weighted by Gasteiger charge is 2.15. The van der Waals surface area contributed by atoms with Gasteiger partial charge in [-0.05, 0) is 24.3 Å². The van der Waals surface area contributed by atoms with Crippen LogP contribution in [0, 0.1) is 28.4 Å². The molecule has 0 fully saturated rings. The molecule has 2 heterocycles. The minimum absolute atomic E-state index is 0. The van der Waals surface area contributed by atoms with Crippen LogP contribution >= 0.6 is 12.6 Å². The Kier molecular flexibility index (Phi) is 19.8. The molecule has 0 aliphatic heterocycles. The Morgan fingerprint density at radius 3 is 1.88 bits per heavy atom. The van der Waals surface area contributed by atoms with Crippen LogP contribution in [-0.2, 0) is 14.4 Å². The molecule has 1 amide bonds. The van der Waals surface area contributed by atoms with E-state index >= 15 is 0 Å². The molecule has 0 bridgehead atoms. The van der Waals surface area contributed by atoms with Gasteiger partial charge in [0, 0.05) is 32.0 Å². The van der Waals surface area contributed by atoms with E-state index in [1.54, 1.807) is 6.07 Å². The number of carboxylic acids is 2. The third-order valence-corrected chi connectivity index (χ3v) is 3.10. The van der Waals surface area contributed by atoms with Crippen molar-refractivity contribution in [3.8, 4) is 6.07 Å². The molecule has 0 saturated heterocycles. The summed E-state index contributed by atoms with van der Waals surface area (Å²) < 4.78 is 24.9. The summed E-state index contributed by atoms with van der Waals surface area (Å²) >= 11 is 3.73. The molecule has 0 radical (unpaired) electrons. The number of carbonyl (C=O) groups is 3. The van der Waals surface area contributed by atoms with Crippen LogP contribution in [0.2, 0.25) is 0 Å². The fourth-order valence-electron chi connectivity index (χ4n) is 1.48. The molecular formula is C19H25F2N7O5S. The number of nitrogen functional groups attached to an aromatic ring is 1. The van der Waals surface area contributed by atoms with Crippen LogP contribution in [0.25, 0.3) is 0 Å². The molecule has 0 saturated carbocycles. The molecule has 12 nitrogen and oxygen atoms in total. The highest BCUT2D eigenvalue weighted by Crippen LogP contribution is 2.00. The van der Waals surface area contributed by atoms with E-state index in [-0.39, 0.29) is 35.0 Å². The van der Waals surface area contributed by atoms with E-state index in [1.165, 1.54) is 43.6 Å². The molecule has 0 aliphatic rings. The van der Waals surface area contributed by atoms with Gasteiger partial charge in [0.2, 0.25) is 5.91 Å². The quantitative estimate of drug-likeness (QED) is 0.180. The Morgan fingerprint density at radius 1 is 1.18 bits per heavy atom. The molecule has 1 atom stereocenters. The van der Waals surface area contributed by atoms with Gasteiger partial charge in [-0.1, -0.05) is 0 Å². The second-order valence-corrected chi connectivity index (χ2v) is 5.85. The standard InChI is InChI=1S/C6H6FN3.C6H3FN2.C5H9NO3S.C2H4O2.H3N/c7-4-2-1-3-10-5(4)6(8)9;7-5-2-1-3-9-6(5)4-8;1-3(7)6-4(2-10)5(8)9;1-2(3)4;/h1-3H,(H3,8,9);1-3H;4,10H,2H2,1H3,(H,6,7)(H,8,9);1H3,(H,3,4);1H3. The summed E-state index contributed by atoms with van der Waals surface area (Å²) in [5, 5.41) is 33.0. The number of amidine groups is 1. The van der Waals surface area contributed by atoms with Crippen LogP contribution in [0.3, 0.4) is 0 Å². The van der Waals surface area contributed by atoms with Gasteiger partial charge in [0.1, 0.15) is 23.6 Å². The van der Waals surface area contributed by atoms with E-state index in [0.717, 1.165) is 6.92 Å². The largest absolute Gasteiger partial charge is 0.481 e. The topological polar surface area (TPSA) is 238 Å². The third-order valence-electron chi connectivity index (χ3n) is 2.74. The van der Waals surface area contributed by atoms with Crippen molar-refractivity contribution >= 4 is 36.3 Å². The number of halogens is 2. The predicted molar refractivity (Wildman–Crippen MR) is 122 cm³/mol. The van der Waals surface area contributed by atoms with E-state index in [2.05, 4.69) is 27.9 Å². The highest BCUT2D eigenvalue weighted by molar-refractivity contribution is 7.80. The lowest BCUT2D eigenvalue weighted by atomic mass is 10.3. The number of rotatable bonds is 4. The number of hydrogen-bond acceptors (Lipinski definition) is 9. The molecular weight excluding hydrogens is 476 g/mol. The minimum atomic E-state index is -1.06. The number of aromatic nitrogens is 2. The zero-order chi connectivity index (χ0) is 26.0. The summed E-state index contributed by atoms with van der Waals surface area (Å²) in [6, 6.07) is 6.03. The smallest absolute Gasteiger partial charge is 0.327 e. The highest BCUT2D eigenvalue weighted by atomic mass is 32.1. The molecule has 15 heteroatoms. The fraction of sp³-hybridized carbons (Fsp3) is 0.211. The predicted octanol–water partition coefficient (Wildman–Crippen LogP) is 1.36. The number of carboxylic acid groups (broad SMARTS) is 2. The number of amides is 1. The molecule has 2 aromatic rings. The van der Waals surface area contributed by atoms with Gasteiger partial charge in [-0.3, -0.25) is 15.0 Å². The normalized spacial score (nSPS) is 9.29. The average Bonchev–Trinajstić information content (AvgIpc) is 2.72. The summed E-state index contributed by atoms with van der Waals surface area (Å²) in [5.41, 5.74) is 4.75. The van der Waals surface area contributed by atoms with Gasteiger partial charge in [0.05, 0.1) is 0 Å².